The van der Waals surface area contributed by atoms with Crippen molar-refractivity contribution in [2.45, 2.75) is 174 Å². The van der Waals surface area contributed by atoms with E-state index in [0.29, 0.717) is 30.3 Å². The lowest BCUT2D eigenvalue weighted by molar-refractivity contribution is -0.870. The summed E-state index contributed by atoms with van der Waals surface area (Å²) in [4.78, 5) is 22.9. The Labute approximate surface area is 278 Å². The van der Waals surface area contributed by atoms with Crippen LogP contribution in [0.5, 0.6) is 0 Å². The van der Waals surface area contributed by atoms with Gasteiger partial charge in [0.1, 0.15) is 13.2 Å². The third-order valence-corrected chi connectivity index (χ3v) is 9.25. The summed E-state index contributed by atoms with van der Waals surface area (Å²) in [6.07, 6.45) is 29.6. The van der Waals surface area contributed by atoms with Crippen molar-refractivity contribution >= 4 is 13.7 Å². The van der Waals surface area contributed by atoms with Crippen molar-refractivity contribution in [2.75, 3.05) is 40.9 Å². The number of aliphatic hydroxyl groups excluding tert-OH is 1. The van der Waals surface area contributed by atoms with Crippen LogP contribution in [0.1, 0.15) is 162 Å². The minimum Gasteiger partial charge on any atom is -0.391 e. The van der Waals surface area contributed by atoms with Gasteiger partial charge in [-0.2, -0.15) is 0 Å². The first-order valence-corrected chi connectivity index (χ1v) is 20.0. The number of hydrogen-bond acceptors (Lipinski definition) is 5. The van der Waals surface area contributed by atoms with Gasteiger partial charge >= 0.3 is 7.82 Å². The maximum absolute atomic E-state index is 12.7. The number of nitrogens with one attached hydrogen (secondary N) is 1. The number of hydrogen-bond donors (Lipinski definition) is 3. The second-order valence-electron chi connectivity index (χ2n) is 14.0. The fourth-order valence-corrected chi connectivity index (χ4v) is 5.96. The number of likely N-dealkylation sites (N-methyl/N-ethyl adjacent to an activating group) is 1. The molecule has 3 N–H and O–H groups in total. The summed E-state index contributed by atoms with van der Waals surface area (Å²) in [6, 6.07) is -0.768. The highest BCUT2D eigenvalue weighted by atomic mass is 31.2. The van der Waals surface area contributed by atoms with Crippen molar-refractivity contribution in [3.63, 3.8) is 0 Å². The van der Waals surface area contributed by atoms with Gasteiger partial charge in [-0.1, -0.05) is 135 Å². The molecule has 0 bridgehead atoms. The van der Waals surface area contributed by atoms with E-state index in [2.05, 4.69) is 31.3 Å². The molecule has 0 saturated heterocycles. The summed E-state index contributed by atoms with van der Waals surface area (Å²) in [5.41, 5.74) is 0. The normalized spacial score (nSPS) is 14.9. The van der Waals surface area contributed by atoms with Gasteiger partial charge in [-0.3, -0.25) is 13.8 Å². The van der Waals surface area contributed by atoms with Crippen molar-refractivity contribution in [3.05, 3.63) is 12.2 Å². The first-order valence-electron chi connectivity index (χ1n) is 18.6. The van der Waals surface area contributed by atoms with E-state index >= 15 is 0 Å². The number of allylic oxidation sites excluding steroid dienone is 2. The van der Waals surface area contributed by atoms with Crippen LogP contribution in [0.4, 0.5) is 0 Å². The van der Waals surface area contributed by atoms with Crippen LogP contribution in [0.15, 0.2) is 12.2 Å². The van der Waals surface area contributed by atoms with Gasteiger partial charge in [0.15, 0.2) is 0 Å². The molecule has 45 heavy (non-hydrogen) atoms. The largest absolute Gasteiger partial charge is 0.472 e. The smallest absolute Gasteiger partial charge is 0.391 e. The molecular formula is C36H74N2O6P+. The number of amides is 1. The molecule has 0 rings (SSSR count). The average molecular weight is 662 g/mol. The molecule has 3 unspecified atom stereocenters. The fraction of sp³-hybridized carbons (Fsp3) is 0.917. The molecule has 0 radical (unpaired) electrons. The lowest BCUT2D eigenvalue weighted by Crippen LogP contribution is -2.46. The molecule has 0 aliphatic rings. The highest BCUT2D eigenvalue weighted by molar-refractivity contribution is 7.47. The number of carbonyl (C=O) groups excluding carboxylic acids is 1. The Balaban J connectivity index is 4.49. The van der Waals surface area contributed by atoms with Crippen molar-refractivity contribution in [1.29, 1.82) is 0 Å². The van der Waals surface area contributed by atoms with E-state index in [1.807, 2.05) is 21.1 Å². The lowest BCUT2D eigenvalue weighted by atomic mass is 10.0. The molecule has 0 aromatic carbocycles. The number of quaternary nitrogens is 1. The summed E-state index contributed by atoms with van der Waals surface area (Å²) >= 11 is 0. The number of carbonyl (C=O) groups is 1. The van der Waals surface area contributed by atoms with E-state index in [4.69, 9.17) is 9.05 Å². The summed E-state index contributed by atoms with van der Waals surface area (Å²) in [5.74, 6) is -0.182. The molecule has 9 heteroatoms. The van der Waals surface area contributed by atoms with Crippen LogP contribution < -0.4 is 5.32 Å². The third kappa shape index (κ3) is 31.6. The highest BCUT2D eigenvalue weighted by Gasteiger charge is 2.28. The molecule has 0 spiro atoms. The van der Waals surface area contributed by atoms with E-state index in [0.717, 1.165) is 32.1 Å². The van der Waals surface area contributed by atoms with Crippen LogP contribution in [0, 0.1) is 0 Å². The Morgan fingerprint density at radius 2 is 1.20 bits per heavy atom. The zero-order valence-corrected chi connectivity index (χ0v) is 31.0. The van der Waals surface area contributed by atoms with Crippen LogP contribution in [0.3, 0.4) is 0 Å². The Bertz CT molecular complexity index is 758. The Morgan fingerprint density at radius 3 is 1.71 bits per heavy atom. The molecule has 0 aromatic heterocycles. The Kier molecular flexibility index (Phi) is 28.9. The lowest BCUT2D eigenvalue weighted by Gasteiger charge is -2.26. The molecule has 0 heterocycles. The first-order chi connectivity index (χ1) is 21.5. The monoisotopic (exact) mass is 662 g/mol. The molecular weight excluding hydrogens is 587 g/mol. The molecule has 0 fully saturated rings. The maximum Gasteiger partial charge on any atom is 0.472 e. The number of rotatable bonds is 33. The van der Waals surface area contributed by atoms with Crippen LogP contribution in [0.2, 0.25) is 0 Å². The van der Waals surface area contributed by atoms with Gasteiger partial charge in [0.2, 0.25) is 5.91 Å². The predicted molar refractivity (Wildman–Crippen MR) is 189 cm³/mol. The van der Waals surface area contributed by atoms with Crippen LogP contribution in [-0.4, -0.2) is 73.4 Å². The number of unbranched alkanes of at least 4 members (excludes halogenated alkanes) is 18. The van der Waals surface area contributed by atoms with E-state index in [1.165, 1.54) is 96.3 Å². The quantitative estimate of drug-likeness (QED) is 0.0280. The van der Waals surface area contributed by atoms with Crippen molar-refractivity contribution < 1.29 is 32.9 Å². The minimum absolute atomic E-state index is 0.0715. The van der Waals surface area contributed by atoms with Gasteiger partial charge in [-0.05, 0) is 32.1 Å². The van der Waals surface area contributed by atoms with Gasteiger partial charge < -0.3 is 19.8 Å². The van der Waals surface area contributed by atoms with Gasteiger partial charge in [-0.15, -0.1) is 0 Å². The molecule has 8 nitrogen and oxygen atoms in total. The standard InChI is InChI=1S/C36H73N2O6P/c1-6-8-10-12-14-16-17-18-19-20-22-23-25-27-29-35(39)34(33-44-45(41,42)43-32-31-38(3,4)5)37-36(40)30-28-26-24-21-15-13-11-9-7-2/h21,24,34-35,39H,6-20,22-23,25-33H2,1-5H3,(H-,37,40,41,42)/p+1/b24-21-. The van der Waals surface area contributed by atoms with Gasteiger partial charge in [-0.25, -0.2) is 4.57 Å². The highest BCUT2D eigenvalue weighted by Crippen LogP contribution is 2.43. The molecule has 268 valence electrons. The number of phosphoric acid groups is 1. The molecule has 0 aliphatic carbocycles. The zero-order valence-electron chi connectivity index (χ0n) is 30.1. The Morgan fingerprint density at radius 1 is 0.733 bits per heavy atom. The fourth-order valence-electron chi connectivity index (χ4n) is 5.22. The summed E-state index contributed by atoms with van der Waals surface area (Å²) in [7, 11) is 1.60. The summed E-state index contributed by atoms with van der Waals surface area (Å²) < 4.78 is 23.4. The molecule has 0 aliphatic heterocycles. The van der Waals surface area contributed by atoms with Gasteiger partial charge in [0, 0.05) is 6.42 Å². The second kappa shape index (κ2) is 29.4. The van der Waals surface area contributed by atoms with Crippen LogP contribution in [0.25, 0.3) is 0 Å². The van der Waals surface area contributed by atoms with Crippen molar-refractivity contribution in [1.82, 2.24) is 5.32 Å². The minimum atomic E-state index is -4.30. The summed E-state index contributed by atoms with van der Waals surface area (Å²) in [5, 5.41) is 13.8. The zero-order chi connectivity index (χ0) is 33.7. The number of phosphoric ester groups is 1. The maximum atomic E-state index is 12.7. The van der Waals surface area contributed by atoms with Crippen LogP contribution >= 0.6 is 7.82 Å². The SMILES string of the molecule is CCCCCC/C=C\CCCC(=O)NC(COP(=O)(O)OCC[N+](C)(C)C)C(O)CCCCCCCCCCCCCCCC. The Hall–Kier alpha value is -0.760. The number of aliphatic hydroxyl groups is 1. The third-order valence-electron chi connectivity index (χ3n) is 8.26. The van der Waals surface area contributed by atoms with Gasteiger partial charge in [0.25, 0.3) is 0 Å². The number of nitrogens with zero attached hydrogens (tertiary/aromatic N) is 1. The van der Waals surface area contributed by atoms with Crippen LogP contribution in [-0.2, 0) is 18.4 Å². The van der Waals surface area contributed by atoms with E-state index < -0.39 is 20.0 Å². The first kappa shape index (κ1) is 44.2. The molecule has 0 saturated carbocycles. The average Bonchev–Trinajstić information content (AvgIpc) is 2.97. The van der Waals surface area contributed by atoms with E-state index in [9.17, 15) is 19.4 Å². The predicted octanol–water partition coefficient (Wildman–Crippen LogP) is 9.24. The topological polar surface area (TPSA) is 105 Å². The second-order valence-corrected chi connectivity index (χ2v) is 15.4. The summed E-state index contributed by atoms with van der Waals surface area (Å²) in [6.45, 7) is 4.81. The molecule has 0 aromatic rings. The molecule has 1 amide bonds. The van der Waals surface area contributed by atoms with Gasteiger partial charge in [0.05, 0.1) is 39.9 Å². The van der Waals surface area contributed by atoms with Crippen molar-refractivity contribution in [3.8, 4) is 0 Å². The van der Waals surface area contributed by atoms with E-state index in [-0.39, 0.29) is 19.1 Å². The van der Waals surface area contributed by atoms with E-state index in [1.54, 1.807) is 0 Å². The van der Waals surface area contributed by atoms with Crippen molar-refractivity contribution in [2.24, 2.45) is 0 Å². The molecule has 3 atom stereocenters.